The zero-order valence-corrected chi connectivity index (χ0v) is 13.3. The van der Waals surface area contributed by atoms with Gasteiger partial charge in [0.2, 0.25) is 0 Å². The Hall–Kier alpha value is 0.0795. The van der Waals surface area contributed by atoms with Gasteiger partial charge in [-0.25, -0.2) is 0 Å². The van der Waals surface area contributed by atoms with Crippen molar-refractivity contribution in [3.8, 4) is 0 Å². The molecule has 0 saturated heterocycles. The number of carbonyl (C=O) groups excluding carboxylic acids is 2. The maximum absolute atomic E-state index is 9.90. The minimum atomic E-state index is -1.27. The molecular formula is C10H18CuN2O4S2-2. The molecule has 0 aromatic heterocycles. The van der Waals surface area contributed by atoms with Crippen molar-refractivity contribution in [2.45, 2.75) is 24.9 Å². The van der Waals surface area contributed by atoms with Gasteiger partial charge in [-0.15, -0.1) is 0 Å². The largest absolute Gasteiger partial charge is 2.00 e. The van der Waals surface area contributed by atoms with Gasteiger partial charge in [0, 0.05) is 11.9 Å². The summed E-state index contributed by atoms with van der Waals surface area (Å²) in [5, 5.41) is 19.8. The Balaban J connectivity index is -0.000000256. The zero-order valence-electron chi connectivity index (χ0n) is 10.7. The number of rotatable bonds is 8. The van der Waals surface area contributed by atoms with Gasteiger partial charge in [0.05, 0.1) is 0 Å². The number of hydrogen-bond donors (Lipinski definition) is 0. The average Bonchev–Trinajstić information content (AvgIpc) is 2.33. The number of carbonyl (C=O) groups is 2. The van der Waals surface area contributed by atoms with Crippen molar-refractivity contribution in [1.29, 1.82) is 0 Å². The molecule has 0 aliphatic carbocycles. The molecular weight excluding hydrogens is 340 g/mol. The average molecular weight is 358 g/mol. The first-order valence-electron chi connectivity index (χ1n) is 5.18. The second kappa shape index (κ2) is 16.1. The van der Waals surface area contributed by atoms with E-state index in [0.717, 1.165) is 0 Å². The summed E-state index contributed by atoms with van der Waals surface area (Å²) in [4.78, 5) is 19.8. The van der Waals surface area contributed by atoms with Gasteiger partial charge in [-0.1, -0.05) is 24.9 Å². The molecule has 0 aliphatic heterocycles. The molecule has 2 N–H and O–H groups in total. The summed E-state index contributed by atoms with van der Waals surface area (Å²) < 4.78 is 0. The van der Waals surface area contributed by atoms with Gasteiger partial charge in [0.1, 0.15) is 0 Å². The van der Waals surface area contributed by atoms with E-state index in [1.54, 1.807) is 0 Å². The molecule has 2 unspecified atom stereocenters. The summed E-state index contributed by atoms with van der Waals surface area (Å²) in [6, 6.07) is -2.09. The normalized spacial score (nSPS) is 12.4. The Morgan fingerprint density at radius 1 is 0.947 bits per heavy atom. The maximum atomic E-state index is 9.90. The van der Waals surface area contributed by atoms with Crippen molar-refractivity contribution >= 4 is 35.5 Å². The Bertz CT molecular complexity index is 224. The van der Waals surface area contributed by atoms with Crippen LogP contribution in [-0.4, -0.2) is 48.0 Å². The zero-order chi connectivity index (χ0) is 14.6. The summed E-state index contributed by atoms with van der Waals surface area (Å²) >= 11 is 3.07. The molecule has 0 rings (SSSR count). The molecule has 0 aromatic rings. The van der Waals surface area contributed by atoms with E-state index in [2.05, 4.69) is 0 Å². The Kier molecular flexibility index (Phi) is 20.5. The minimum Gasteiger partial charge on any atom is -0.670 e. The second-order valence-electron chi connectivity index (χ2n) is 3.31. The van der Waals surface area contributed by atoms with E-state index in [0.29, 0.717) is 24.3 Å². The molecule has 0 fully saturated rings. The van der Waals surface area contributed by atoms with Crippen LogP contribution in [0.1, 0.15) is 12.8 Å². The summed E-state index contributed by atoms with van der Waals surface area (Å²) in [6.07, 6.45) is 4.51. The number of carboxylic acids is 2. The predicted molar refractivity (Wildman–Crippen MR) is 72.2 cm³/mol. The number of hydrogen-bond acceptors (Lipinski definition) is 6. The van der Waals surface area contributed by atoms with Crippen LogP contribution in [0.25, 0.3) is 11.5 Å². The van der Waals surface area contributed by atoms with E-state index >= 15 is 0 Å². The number of aliphatic carboxylic acids is 2. The number of thioether (sulfide) groups is 2. The van der Waals surface area contributed by atoms with Gasteiger partial charge < -0.3 is 31.3 Å². The van der Waals surface area contributed by atoms with Crippen LogP contribution in [0.15, 0.2) is 0 Å². The van der Waals surface area contributed by atoms with Crippen molar-refractivity contribution in [1.82, 2.24) is 0 Å². The van der Waals surface area contributed by atoms with E-state index in [-0.39, 0.29) is 17.1 Å². The van der Waals surface area contributed by atoms with Crippen LogP contribution >= 0.6 is 23.5 Å². The fraction of sp³-hybridized carbons (Fsp3) is 0.800. The molecule has 0 heterocycles. The minimum absolute atomic E-state index is 0. The molecule has 1 radical (unpaired) electrons. The molecule has 0 amide bonds. The third-order valence-electron chi connectivity index (χ3n) is 1.79. The Labute approximate surface area is 132 Å². The van der Waals surface area contributed by atoms with Crippen LogP contribution < -0.4 is 10.2 Å². The van der Waals surface area contributed by atoms with Crippen molar-refractivity contribution in [3.63, 3.8) is 0 Å². The van der Waals surface area contributed by atoms with E-state index in [9.17, 15) is 19.8 Å². The van der Waals surface area contributed by atoms with Gasteiger partial charge >= 0.3 is 17.1 Å². The fourth-order valence-electron chi connectivity index (χ4n) is 0.707. The van der Waals surface area contributed by atoms with Gasteiger partial charge in [0.25, 0.3) is 0 Å². The molecule has 0 aliphatic rings. The van der Waals surface area contributed by atoms with Gasteiger partial charge in [-0.05, 0) is 24.0 Å². The molecule has 0 spiro atoms. The van der Waals surface area contributed by atoms with Crippen molar-refractivity contribution in [3.05, 3.63) is 11.5 Å². The first-order valence-corrected chi connectivity index (χ1v) is 7.97. The molecule has 19 heavy (non-hydrogen) atoms. The van der Waals surface area contributed by atoms with Crippen LogP contribution in [0.3, 0.4) is 0 Å². The smallest absolute Gasteiger partial charge is 0.670 e. The van der Waals surface area contributed by atoms with Crippen molar-refractivity contribution in [2.75, 3.05) is 24.0 Å². The monoisotopic (exact) mass is 357 g/mol. The van der Waals surface area contributed by atoms with Crippen LogP contribution in [0.5, 0.6) is 0 Å². The molecule has 0 saturated carbocycles. The summed E-state index contributed by atoms with van der Waals surface area (Å²) in [5.74, 6) is -1.13. The summed E-state index contributed by atoms with van der Waals surface area (Å²) in [7, 11) is 0. The first kappa shape index (κ1) is 24.1. The maximum Gasteiger partial charge on any atom is 2.00 e. The van der Waals surface area contributed by atoms with Crippen LogP contribution in [0.2, 0.25) is 0 Å². The summed E-state index contributed by atoms with van der Waals surface area (Å²) in [5.41, 5.74) is 13.7. The third-order valence-corrected chi connectivity index (χ3v) is 3.08. The SMILES string of the molecule is CSCCC([NH-])C(=O)[O-].CSCCC([NH-])C(=O)[O-].[Cu+2]. The molecule has 6 nitrogen and oxygen atoms in total. The van der Waals surface area contributed by atoms with E-state index < -0.39 is 24.0 Å². The van der Waals surface area contributed by atoms with Crippen molar-refractivity contribution in [2.24, 2.45) is 0 Å². The third kappa shape index (κ3) is 18.1. The summed E-state index contributed by atoms with van der Waals surface area (Å²) in [6.45, 7) is 0. The van der Waals surface area contributed by atoms with E-state index in [1.807, 2.05) is 12.5 Å². The number of carboxylic acid groups (broad SMARTS) is 2. The molecule has 9 heteroatoms. The van der Waals surface area contributed by atoms with Gasteiger partial charge in [-0.2, -0.15) is 23.5 Å². The molecule has 0 bridgehead atoms. The van der Waals surface area contributed by atoms with Crippen molar-refractivity contribution < 1.29 is 36.9 Å². The van der Waals surface area contributed by atoms with E-state index in [4.69, 9.17) is 11.5 Å². The predicted octanol–water partition coefficient (Wildman–Crippen LogP) is -0.182. The standard InChI is InChI=1S/2C5H10NO2S.Cu/c2*1-9-3-2-4(6)5(7)8;/h2*4,6H,2-3H2,1H3,(H,7,8);/q2*-1;+2/p-2. The first-order chi connectivity index (χ1) is 8.36. The van der Waals surface area contributed by atoms with Crippen LogP contribution in [-0.2, 0) is 26.7 Å². The van der Waals surface area contributed by atoms with Gasteiger partial charge in [0.15, 0.2) is 0 Å². The topological polar surface area (TPSA) is 128 Å². The number of nitrogens with one attached hydrogen (secondary N) is 2. The fourth-order valence-corrected chi connectivity index (χ4v) is 1.65. The Morgan fingerprint density at radius 3 is 1.37 bits per heavy atom. The van der Waals surface area contributed by atoms with Crippen LogP contribution in [0.4, 0.5) is 0 Å². The quantitative estimate of drug-likeness (QED) is 0.554. The molecule has 117 valence electrons. The molecule has 2 atom stereocenters. The van der Waals surface area contributed by atoms with Crippen LogP contribution in [0, 0.1) is 0 Å². The second-order valence-corrected chi connectivity index (χ2v) is 5.28. The molecule has 0 aromatic carbocycles. The van der Waals surface area contributed by atoms with Gasteiger partial charge in [-0.3, -0.25) is 0 Å². The van der Waals surface area contributed by atoms with E-state index in [1.165, 1.54) is 23.5 Å². The Morgan fingerprint density at radius 2 is 1.21 bits per heavy atom.